The van der Waals surface area contributed by atoms with E-state index in [0.29, 0.717) is 5.89 Å². The summed E-state index contributed by atoms with van der Waals surface area (Å²) in [5.41, 5.74) is 3.01. The molecule has 1 N–H and O–H groups in total. The molecule has 0 fully saturated rings. The quantitative estimate of drug-likeness (QED) is 0.788. The minimum Gasteiger partial charge on any atom is -0.423 e. The standard InChI is InChI=1S/C14H15N5O/c1-10(13-6-7-16-19(13)2)17-12-5-3-4-11(8-12)14-18-15-9-20-14/h3-10,17H,1-2H3. The maximum Gasteiger partial charge on any atom is 0.247 e. The highest BCUT2D eigenvalue weighted by atomic mass is 16.4. The molecular weight excluding hydrogens is 254 g/mol. The number of hydrogen-bond acceptors (Lipinski definition) is 5. The number of nitrogens with zero attached hydrogens (tertiary/aromatic N) is 4. The zero-order chi connectivity index (χ0) is 13.9. The molecule has 2 aromatic heterocycles. The van der Waals surface area contributed by atoms with Crippen LogP contribution in [0, 0.1) is 0 Å². The van der Waals surface area contributed by atoms with Crippen molar-refractivity contribution in [2.24, 2.45) is 7.05 Å². The molecule has 0 radical (unpaired) electrons. The van der Waals surface area contributed by atoms with Crippen LogP contribution in [-0.2, 0) is 7.05 Å². The van der Waals surface area contributed by atoms with Gasteiger partial charge in [0.25, 0.3) is 0 Å². The molecule has 1 aromatic carbocycles. The predicted molar refractivity (Wildman–Crippen MR) is 75.0 cm³/mol. The Bertz CT molecular complexity index is 689. The fourth-order valence-corrected chi connectivity index (χ4v) is 2.17. The number of anilines is 1. The van der Waals surface area contributed by atoms with E-state index in [4.69, 9.17) is 4.42 Å². The highest BCUT2D eigenvalue weighted by Crippen LogP contribution is 2.23. The van der Waals surface area contributed by atoms with Crippen LogP contribution < -0.4 is 5.32 Å². The van der Waals surface area contributed by atoms with Crippen LogP contribution in [0.3, 0.4) is 0 Å². The number of aryl methyl sites for hydroxylation is 1. The molecule has 0 saturated carbocycles. The van der Waals surface area contributed by atoms with E-state index >= 15 is 0 Å². The van der Waals surface area contributed by atoms with E-state index in [1.807, 2.05) is 42.1 Å². The van der Waals surface area contributed by atoms with E-state index in [2.05, 4.69) is 27.5 Å². The van der Waals surface area contributed by atoms with E-state index < -0.39 is 0 Å². The number of aromatic nitrogens is 4. The van der Waals surface area contributed by atoms with Crippen LogP contribution in [0.2, 0.25) is 0 Å². The molecular formula is C14H15N5O. The van der Waals surface area contributed by atoms with Crippen molar-refractivity contribution in [3.05, 3.63) is 48.6 Å². The Kier molecular flexibility index (Phi) is 3.20. The molecule has 0 aliphatic carbocycles. The van der Waals surface area contributed by atoms with Gasteiger partial charge in [-0.3, -0.25) is 4.68 Å². The summed E-state index contributed by atoms with van der Waals surface area (Å²) in [4.78, 5) is 0. The molecule has 0 aliphatic heterocycles. The first-order chi connectivity index (χ1) is 9.74. The van der Waals surface area contributed by atoms with Crippen LogP contribution in [-0.4, -0.2) is 20.0 Å². The first kappa shape index (κ1) is 12.4. The van der Waals surface area contributed by atoms with Gasteiger partial charge in [-0.05, 0) is 31.2 Å². The Hall–Kier alpha value is -2.63. The van der Waals surface area contributed by atoms with Gasteiger partial charge in [0.15, 0.2) is 0 Å². The Balaban J connectivity index is 1.81. The SMILES string of the molecule is CC(Nc1cccc(-c2nnco2)c1)c1ccnn1C. The number of hydrogen-bond donors (Lipinski definition) is 1. The van der Waals surface area contributed by atoms with E-state index in [9.17, 15) is 0 Å². The lowest BCUT2D eigenvalue weighted by Crippen LogP contribution is -2.11. The lowest BCUT2D eigenvalue weighted by Gasteiger charge is -2.15. The van der Waals surface area contributed by atoms with Crippen LogP contribution in [0.5, 0.6) is 0 Å². The zero-order valence-electron chi connectivity index (χ0n) is 11.3. The van der Waals surface area contributed by atoms with Crippen LogP contribution in [0.15, 0.2) is 47.3 Å². The molecule has 6 heteroatoms. The first-order valence-electron chi connectivity index (χ1n) is 6.35. The summed E-state index contributed by atoms with van der Waals surface area (Å²) in [7, 11) is 1.93. The zero-order valence-corrected chi connectivity index (χ0v) is 11.3. The van der Waals surface area contributed by atoms with Gasteiger partial charge in [0, 0.05) is 24.5 Å². The fourth-order valence-electron chi connectivity index (χ4n) is 2.17. The summed E-state index contributed by atoms with van der Waals surface area (Å²) in [6.07, 6.45) is 3.12. The second-order valence-electron chi connectivity index (χ2n) is 4.57. The molecule has 0 amide bonds. The van der Waals surface area contributed by atoms with Crippen molar-refractivity contribution in [2.75, 3.05) is 5.32 Å². The maximum atomic E-state index is 5.21. The molecule has 6 nitrogen and oxygen atoms in total. The Morgan fingerprint density at radius 2 is 2.20 bits per heavy atom. The molecule has 3 rings (SSSR count). The first-order valence-corrected chi connectivity index (χ1v) is 6.35. The molecule has 1 atom stereocenters. The Morgan fingerprint density at radius 3 is 2.90 bits per heavy atom. The molecule has 3 aromatic rings. The summed E-state index contributed by atoms with van der Waals surface area (Å²) in [6, 6.07) is 10.0. The van der Waals surface area contributed by atoms with Crippen LogP contribution in [0.4, 0.5) is 5.69 Å². The van der Waals surface area contributed by atoms with Crippen LogP contribution in [0.25, 0.3) is 11.5 Å². The summed E-state index contributed by atoms with van der Waals surface area (Å²) in [5.74, 6) is 0.516. The summed E-state index contributed by atoms with van der Waals surface area (Å²) in [6.45, 7) is 2.09. The van der Waals surface area contributed by atoms with Gasteiger partial charge in [-0.2, -0.15) is 5.10 Å². The average Bonchev–Trinajstić information content (AvgIpc) is 3.09. The monoisotopic (exact) mass is 269 g/mol. The van der Waals surface area contributed by atoms with Crippen molar-refractivity contribution in [1.29, 1.82) is 0 Å². The van der Waals surface area contributed by atoms with Gasteiger partial charge in [0.2, 0.25) is 12.3 Å². The van der Waals surface area contributed by atoms with Crippen molar-refractivity contribution in [3.8, 4) is 11.5 Å². The molecule has 0 bridgehead atoms. The third kappa shape index (κ3) is 2.40. The second kappa shape index (κ2) is 5.16. The third-order valence-electron chi connectivity index (χ3n) is 3.16. The van der Waals surface area contributed by atoms with Crippen LogP contribution in [0.1, 0.15) is 18.7 Å². The van der Waals surface area contributed by atoms with Gasteiger partial charge in [0.05, 0.1) is 11.7 Å². The summed E-state index contributed by atoms with van der Waals surface area (Å²) >= 11 is 0. The molecule has 102 valence electrons. The summed E-state index contributed by atoms with van der Waals surface area (Å²) in [5, 5.41) is 15.2. The van der Waals surface area contributed by atoms with Crippen molar-refractivity contribution in [3.63, 3.8) is 0 Å². The Labute approximate surface area is 116 Å². The van der Waals surface area contributed by atoms with Crippen molar-refractivity contribution in [1.82, 2.24) is 20.0 Å². The van der Waals surface area contributed by atoms with E-state index in [1.165, 1.54) is 6.39 Å². The number of rotatable bonds is 4. The van der Waals surface area contributed by atoms with Gasteiger partial charge in [0.1, 0.15) is 0 Å². The number of nitrogens with one attached hydrogen (secondary N) is 1. The largest absolute Gasteiger partial charge is 0.423 e. The van der Waals surface area contributed by atoms with Gasteiger partial charge in [-0.25, -0.2) is 0 Å². The van der Waals surface area contributed by atoms with Crippen molar-refractivity contribution >= 4 is 5.69 Å². The maximum absolute atomic E-state index is 5.21. The third-order valence-corrected chi connectivity index (χ3v) is 3.16. The van der Waals surface area contributed by atoms with Gasteiger partial charge < -0.3 is 9.73 Å². The minimum absolute atomic E-state index is 0.153. The molecule has 20 heavy (non-hydrogen) atoms. The molecule has 0 spiro atoms. The highest BCUT2D eigenvalue weighted by molar-refractivity contribution is 5.61. The van der Waals surface area contributed by atoms with Crippen molar-refractivity contribution < 1.29 is 4.42 Å². The molecule has 2 heterocycles. The second-order valence-corrected chi connectivity index (χ2v) is 4.57. The predicted octanol–water partition coefficient (Wildman–Crippen LogP) is 2.64. The summed E-state index contributed by atoms with van der Waals surface area (Å²) < 4.78 is 7.07. The fraction of sp³-hybridized carbons (Fsp3) is 0.214. The average molecular weight is 269 g/mol. The van der Waals surface area contributed by atoms with Gasteiger partial charge in [-0.15, -0.1) is 10.2 Å². The van der Waals surface area contributed by atoms with E-state index in [0.717, 1.165) is 16.9 Å². The topological polar surface area (TPSA) is 68.8 Å². The normalized spacial score (nSPS) is 12.3. The highest BCUT2D eigenvalue weighted by Gasteiger charge is 2.10. The van der Waals surface area contributed by atoms with Crippen LogP contribution >= 0.6 is 0 Å². The van der Waals surface area contributed by atoms with Gasteiger partial charge >= 0.3 is 0 Å². The Morgan fingerprint density at radius 1 is 1.30 bits per heavy atom. The lowest BCUT2D eigenvalue weighted by molar-refractivity contribution is 0.568. The smallest absolute Gasteiger partial charge is 0.247 e. The lowest BCUT2D eigenvalue weighted by atomic mass is 10.1. The number of benzene rings is 1. The van der Waals surface area contributed by atoms with Gasteiger partial charge in [-0.1, -0.05) is 6.07 Å². The molecule has 1 unspecified atom stereocenters. The van der Waals surface area contributed by atoms with Crippen molar-refractivity contribution in [2.45, 2.75) is 13.0 Å². The van der Waals surface area contributed by atoms with E-state index in [-0.39, 0.29) is 6.04 Å². The minimum atomic E-state index is 0.153. The molecule has 0 aliphatic rings. The molecule has 0 saturated heterocycles. The van der Waals surface area contributed by atoms with E-state index in [1.54, 1.807) is 6.20 Å².